The molecule has 0 aromatic carbocycles. The molecule has 2 N–H and O–H groups in total. The summed E-state index contributed by atoms with van der Waals surface area (Å²) >= 11 is 0. The fraction of sp³-hybridized carbons (Fsp3) is 0.917. The van der Waals surface area contributed by atoms with Crippen molar-refractivity contribution in [3.05, 3.63) is 0 Å². The van der Waals surface area contributed by atoms with Gasteiger partial charge in [-0.05, 0) is 25.9 Å². The van der Waals surface area contributed by atoms with Crippen LogP contribution in [0.1, 0.15) is 26.7 Å². The van der Waals surface area contributed by atoms with Crippen molar-refractivity contribution in [1.82, 2.24) is 9.80 Å². The first kappa shape index (κ1) is 13.5. The van der Waals surface area contributed by atoms with Gasteiger partial charge in [0.2, 0.25) is 5.91 Å². The zero-order valence-corrected chi connectivity index (χ0v) is 10.6. The minimum Gasteiger partial charge on any atom is -0.340 e. The molecule has 0 bridgehead atoms. The Hall–Kier alpha value is -0.610. The Bertz CT molecular complexity index is 212. The zero-order valence-electron chi connectivity index (χ0n) is 10.6. The van der Waals surface area contributed by atoms with Gasteiger partial charge in [-0.2, -0.15) is 0 Å². The Balaban J connectivity index is 2.32. The van der Waals surface area contributed by atoms with E-state index in [1.807, 2.05) is 11.8 Å². The number of amides is 1. The lowest BCUT2D eigenvalue weighted by Crippen LogP contribution is -2.50. The Morgan fingerprint density at radius 3 is 2.44 bits per heavy atom. The third kappa shape index (κ3) is 3.76. The van der Waals surface area contributed by atoms with Crippen molar-refractivity contribution in [3.8, 4) is 0 Å². The SMILES string of the molecule is CCCN1CCN(C(=O)C(C)CCN)CC1. The van der Waals surface area contributed by atoms with Crippen LogP contribution in [-0.4, -0.2) is 55.0 Å². The highest BCUT2D eigenvalue weighted by Crippen LogP contribution is 2.10. The maximum Gasteiger partial charge on any atom is 0.225 e. The smallest absolute Gasteiger partial charge is 0.225 e. The maximum atomic E-state index is 12.0. The van der Waals surface area contributed by atoms with E-state index < -0.39 is 0 Å². The van der Waals surface area contributed by atoms with E-state index in [1.54, 1.807) is 0 Å². The summed E-state index contributed by atoms with van der Waals surface area (Å²) in [7, 11) is 0. The van der Waals surface area contributed by atoms with Crippen LogP contribution in [0.25, 0.3) is 0 Å². The van der Waals surface area contributed by atoms with Crippen molar-refractivity contribution < 1.29 is 4.79 Å². The van der Waals surface area contributed by atoms with E-state index in [0.29, 0.717) is 6.54 Å². The molecule has 1 rings (SSSR count). The molecule has 0 aromatic heterocycles. The molecular weight excluding hydrogens is 202 g/mol. The van der Waals surface area contributed by atoms with Gasteiger partial charge in [-0.3, -0.25) is 9.69 Å². The van der Waals surface area contributed by atoms with Crippen molar-refractivity contribution in [2.45, 2.75) is 26.7 Å². The number of hydrogen-bond donors (Lipinski definition) is 1. The molecule has 1 unspecified atom stereocenters. The highest BCUT2D eigenvalue weighted by molar-refractivity contribution is 5.78. The van der Waals surface area contributed by atoms with Crippen LogP contribution >= 0.6 is 0 Å². The maximum absolute atomic E-state index is 12.0. The van der Waals surface area contributed by atoms with E-state index in [-0.39, 0.29) is 11.8 Å². The van der Waals surface area contributed by atoms with Crippen LogP contribution in [0.2, 0.25) is 0 Å². The lowest BCUT2D eigenvalue weighted by atomic mass is 10.1. The van der Waals surface area contributed by atoms with Gasteiger partial charge in [-0.25, -0.2) is 0 Å². The molecule has 1 heterocycles. The number of nitrogens with zero attached hydrogens (tertiary/aromatic N) is 2. The number of rotatable bonds is 5. The molecule has 1 atom stereocenters. The molecule has 1 aliphatic rings. The summed E-state index contributed by atoms with van der Waals surface area (Å²) in [5.74, 6) is 0.365. The molecule has 1 saturated heterocycles. The van der Waals surface area contributed by atoms with E-state index in [1.165, 1.54) is 6.42 Å². The molecule has 1 aliphatic heterocycles. The predicted molar refractivity (Wildman–Crippen MR) is 66.1 cm³/mol. The van der Waals surface area contributed by atoms with E-state index in [2.05, 4.69) is 11.8 Å². The first-order valence-corrected chi connectivity index (χ1v) is 6.40. The first-order valence-electron chi connectivity index (χ1n) is 6.40. The predicted octanol–water partition coefficient (Wildman–Crippen LogP) is 0.526. The van der Waals surface area contributed by atoms with Crippen LogP contribution in [0.15, 0.2) is 0 Å². The lowest BCUT2D eigenvalue weighted by molar-refractivity contribution is -0.136. The van der Waals surface area contributed by atoms with Crippen LogP contribution in [0.5, 0.6) is 0 Å². The largest absolute Gasteiger partial charge is 0.340 e. The number of nitrogens with two attached hydrogens (primary N) is 1. The first-order chi connectivity index (χ1) is 7.69. The second-order valence-electron chi connectivity index (χ2n) is 4.65. The summed E-state index contributed by atoms with van der Waals surface area (Å²) in [4.78, 5) is 16.4. The Morgan fingerprint density at radius 1 is 1.31 bits per heavy atom. The second kappa shape index (κ2) is 6.86. The summed E-state index contributed by atoms with van der Waals surface area (Å²) in [5, 5.41) is 0. The Kier molecular flexibility index (Phi) is 5.77. The average molecular weight is 227 g/mol. The van der Waals surface area contributed by atoms with Crippen LogP contribution < -0.4 is 5.73 Å². The van der Waals surface area contributed by atoms with Gasteiger partial charge in [0.1, 0.15) is 0 Å². The molecule has 0 spiro atoms. The molecule has 0 aliphatic carbocycles. The van der Waals surface area contributed by atoms with E-state index in [0.717, 1.165) is 39.1 Å². The quantitative estimate of drug-likeness (QED) is 0.745. The second-order valence-corrected chi connectivity index (χ2v) is 4.65. The highest BCUT2D eigenvalue weighted by atomic mass is 16.2. The number of piperazine rings is 1. The molecule has 1 fully saturated rings. The Labute approximate surface area is 98.8 Å². The molecule has 94 valence electrons. The average Bonchev–Trinajstić information content (AvgIpc) is 2.30. The van der Waals surface area contributed by atoms with Crippen molar-refractivity contribution in [2.75, 3.05) is 39.3 Å². The molecule has 0 aromatic rings. The minimum atomic E-state index is 0.0859. The van der Waals surface area contributed by atoms with Gasteiger partial charge >= 0.3 is 0 Å². The van der Waals surface area contributed by atoms with Gasteiger partial charge in [0.25, 0.3) is 0 Å². The van der Waals surface area contributed by atoms with Crippen molar-refractivity contribution in [1.29, 1.82) is 0 Å². The molecule has 4 nitrogen and oxygen atoms in total. The van der Waals surface area contributed by atoms with E-state index >= 15 is 0 Å². The standard InChI is InChI=1S/C12H25N3O/c1-3-6-14-7-9-15(10-8-14)12(16)11(2)4-5-13/h11H,3-10,13H2,1-2H3. The molecule has 0 radical (unpaired) electrons. The summed E-state index contributed by atoms with van der Waals surface area (Å²) < 4.78 is 0. The normalized spacial score (nSPS) is 19.8. The highest BCUT2D eigenvalue weighted by Gasteiger charge is 2.23. The van der Waals surface area contributed by atoms with Crippen LogP contribution in [0.3, 0.4) is 0 Å². The van der Waals surface area contributed by atoms with Crippen molar-refractivity contribution >= 4 is 5.91 Å². The van der Waals surface area contributed by atoms with Crippen LogP contribution in [0, 0.1) is 5.92 Å². The molecule has 4 heteroatoms. The van der Waals surface area contributed by atoms with Gasteiger partial charge in [0.05, 0.1) is 0 Å². The van der Waals surface area contributed by atoms with E-state index in [9.17, 15) is 4.79 Å². The fourth-order valence-electron chi connectivity index (χ4n) is 2.19. The summed E-state index contributed by atoms with van der Waals surface area (Å²) in [5.41, 5.74) is 5.48. The fourth-order valence-corrected chi connectivity index (χ4v) is 2.19. The molecular formula is C12H25N3O. The summed E-state index contributed by atoms with van der Waals surface area (Å²) in [6.45, 7) is 9.74. The monoisotopic (exact) mass is 227 g/mol. The van der Waals surface area contributed by atoms with Crippen LogP contribution in [0.4, 0.5) is 0 Å². The lowest BCUT2D eigenvalue weighted by Gasteiger charge is -2.35. The van der Waals surface area contributed by atoms with Gasteiger partial charge < -0.3 is 10.6 Å². The number of hydrogen-bond acceptors (Lipinski definition) is 3. The number of carbonyl (C=O) groups is 1. The van der Waals surface area contributed by atoms with Crippen LogP contribution in [-0.2, 0) is 4.79 Å². The minimum absolute atomic E-state index is 0.0859. The zero-order chi connectivity index (χ0) is 12.0. The van der Waals surface area contributed by atoms with Crippen molar-refractivity contribution in [3.63, 3.8) is 0 Å². The number of carbonyl (C=O) groups excluding carboxylic acids is 1. The van der Waals surface area contributed by atoms with Gasteiger partial charge in [0.15, 0.2) is 0 Å². The topological polar surface area (TPSA) is 49.6 Å². The van der Waals surface area contributed by atoms with Crippen molar-refractivity contribution in [2.24, 2.45) is 11.7 Å². The van der Waals surface area contributed by atoms with Gasteiger partial charge in [-0.1, -0.05) is 13.8 Å². The summed E-state index contributed by atoms with van der Waals surface area (Å²) in [6, 6.07) is 0. The Morgan fingerprint density at radius 2 is 1.94 bits per heavy atom. The molecule has 16 heavy (non-hydrogen) atoms. The third-order valence-corrected chi connectivity index (χ3v) is 3.25. The molecule has 0 saturated carbocycles. The molecule has 1 amide bonds. The summed E-state index contributed by atoms with van der Waals surface area (Å²) in [6.07, 6.45) is 1.99. The van der Waals surface area contributed by atoms with Gasteiger partial charge in [-0.15, -0.1) is 0 Å². The van der Waals surface area contributed by atoms with E-state index in [4.69, 9.17) is 5.73 Å². The van der Waals surface area contributed by atoms with Gasteiger partial charge in [0, 0.05) is 32.1 Å². The third-order valence-electron chi connectivity index (χ3n) is 3.25.